The van der Waals surface area contributed by atoms with E-state index < -0.39 is 5.97 Å². The molecule has 1 aromatic carbocycles. The van der Waals surface area contributed by atoms with Gasteiger partial charge in [0, 0.05) is 6.04 Å². The number of carbonyl (C=O) groups is 2. The minimum atomic E-state index is -0.993. The third-order valence-electron chi connectivity index (χ3n) is 3.19. The molecule has 0 aromatic heterocycles. The largest absolute Gasteiger partial charge is 0.492 e. The lowest BCUT2D eigenvalue weighted by Crippen LogP contribution is -2.45. The Labute approximate surface area is 123 Å². The molecule has 1 aliphatic rings. The molecule has 2 amide bonds. The Morgan fingerprint density at radius 2 is 2.19 bits per heavy atom. The van der Waals surface area contributed by atoms with Crippen LogP contribution in [0.2, 0.25) is 0 Å². The molecule has 0 spiro atoms. The number of carboxylic acid groups (broad SMARTS) is 1. The van der Waals surface area contributed by atoms with Crippen LogP contribution < -0.4 is 10.1 Å². The summed E-state index contributed by atoms with van der Waals surface area (Å²) in [5, 5.41) is 11.5. The van der Waals surface area contributed by atoms with Crippen LogP contribution in [-0.2, 0) is 4.79 Å². The molecular weight excluding hydrogens is 272 g/mol. The van der Waals surface area contributed by atoms with Crippen LogP contribution in [0, 0.1) is 6.92 Å². The van der Waals surface area contributed by atoms with Gasteiger partial charge in [-0.25, -0.2) is 4.79 Å². The second kappa shape index (κ2) is 6.97. The molecule has 2 rings (SSSR count). The Balaban J connectivity index is 1.72. The van der Waals surface area contributed by atoms with Crippen molar-refractivity contribution < 1.29 is 19.4 Å². The number of carboxylic acids is 1. The Morgan fingerprint density at radius 3 is 2.81 bits per heavy atom. The summed E-state index contributed by atoms with van der Waals surface area (Å²) in [7, 11) is 0. The van der Waals surface area contributed by atoms with Crippen molar-refractivity contribution >= 4 is 12.0 Å². The van der Waals surface area contributed by atoms with Crippen molar-refractivity contribution in [3.63, 3.8) is 0 Å². The van der Waals surface area contributed by atoms with Crippen molar-refractivity contribution in [3.05, 3.63) is 29.8 Å². The van der Waals surface area contributed by atoms with Gasteiger partial charge in [-0.3, -0.25) is 4.79 Å². The summed E-state index contributed by atoms with van der Waals surface area (Å²) in [5.41, 5.74) is 1.11. The van der Waals surface area contributed by atoms with Gasteiger partial charge in [-0.2, -0.15) is 0 Å². The van der Waals surface area contributed by atoms with Gasteiger partial charge in [0.2, 0.25) is 0 Å². The molecular formula is C15H20N2O4. The number of hydrogen-bond acceptors (Lipinski definition) is 3. The molecule has 0 aliphatic heterocycles. The summed E-state index contributed by atoms with van der Waals surface area (Å²) in [5.74, 6) is -0.234. The van der Waals surface area contributed by atoms with E-state index in [9.17, 15) is 9.59 Å². The van der Waals surface area contributed by atoms with E-state index >= 15 is 0 Å². The van der Waals surface area contributed by atoms with Gasteiger partial charge >= 0.3 is 12.0 Å². The van der Waals surface area contributed by atoms with Crippen molar-refractivity contribution in [3.8, 4) is 5.75 Å². The third-order valence-corrected chi connectivity index (χ3v) is 3.19. The van der Waals surface area contributed by atoms with E-state index in [1.807, 2.05) is 31.2 Å². The lowest BCUT2D eigenvalue weighted by atomic mass is 10.2. The highest BCUT2D eigenvalue weighted by Crippen LogP contribution is 2.26. The highest BCUT2D eigenvalue weighted by atomic mass is 16.5. The highest BCUT2D eigenvalue weighted by Gasteiger charge is 2.33. The van der Waals surface area contributed by atoms with E-state index in [4.69, 9.17) is 9.84 Å². The molecule has 0 atom stereocenters. The van der Waals surface area contributed by atoms with Crippen LogP contribution in [0.1, 0.15) is 18.4 Å². The lowest BCUT2D eigenvalue weighted by molar-refractivity contribution is -0.137. The summed E-state index contributed by atoms with van der Waals surface area (Å²) in [6, 6.07) is 7.39. The highest BCUT2D eigenvalue weighted by molar-refractivity contribution is 5.80. The number of ether oxygens (including phenoxy) is 1. The van der Waals surface area contributed by atoms with Gasteiger partial charge in [0.15, 0.2) is 0 Å². The zero-order valence-electron chi connectivity index (χ0n) is 12.0. The molecule has 6 heteroatoms. The lowest BCUT2D eigenvalue weighted by Gasteiger charge is -2.20. The number of urea groups is 1. The van der Waals surface area contributed by atoms with Gasteiger partial charge in [-0.15, -0.1) is 0 Å². The van der Waals surface area contributed by atoms with Crippen LogP contribution in [0.4, 0.5) is 4.79 Å². The molecule has 21 heavy (non-hydrogen) atoms. The minimum absolute atomic E-state index is 0.0683. The maximum atomic E-state index is 11.9. The molecule has 0 bridgehead atoms. The number of nitrogens with one attached hydrogen (secondary N) is 1. The number of hydrogen-bond donors (Lipinski definition) is 2. The fraction of sp³-hybridized carbons (Fsp3) is 0.467. The average Bonchev–Trinajstić information content (AvgIpc) is 3.25. The minimum Gasteiger partial charge on any atom is -0.492 e. The Morgan fingerprint density at radius 1 is 1.43 bits per heavy atom. The van der Waals surface area contributed by atoms with Gasteiger partial charge < -0.3 is 20.1 Å². The van der Waals surface area contributed by atoms with Crippen LogP contribution in [0.3, 0.4) is 0 Å². The topological polar surface area (TPSA) is 78.9 Å². The van der Waals surface area contributed by atoms with E-state index in [2.05, 4.69) is 5.32 Å². The van der Waals surface area contributed by atoms with Gasteiger partial charge in [0.05, 0.1) is 6.54 Å². The van der Waals surface area contributed by atoms with Crippen LogP contribution >= 0.6 is 0 Å². The summed E-state index contributed by atoms with van der Waals surface area (Å²) < 4.78 is 5.52. The molecule has 2 N–H and O–H groups in total. The number of aliphatic carboxylic acids is 1. The molecule has 0 unspecified atom stereocenters. The molecule has 0 saturated heterocycles. The molecule has 1 aromatic rings. The zero-order valence-corrected chi connectivity index (χ0v) is 12.0. The fourth-order valence-corrected chi connectivity index (χ4v) is 2.03. The molecule has 114 valence electrons. The van der Waals surface area contributed by atoms with Crippen molar-refractivity contribution in [1.29, 1.82) is 0 Å². The van der Waals surface area contributed by atoms with E-state index in [0.29, 0.717) is 13.2 Å². The van der Waals surface area contributed by atoms with E-state index in [-0.39, 0.29) is 18.6 Å². The normalized spacial score (nSPS) is 13.6. The molecule has 0 heterocycles. The first kappa shape index (κ1) is 15.2. The van der Waals surface area contributed by atoms with Crippen molar-refractivity contribution in [2.24, 2.45) is 0 Å². The van der Waals surface area contributed by atoms with Crippen molar-refractivity contribution in [1.82, 2.24) is 10.2 Å². The number of rotatable bonds is 7. The Kier molecular flexibility index (Phi) is 5.03. The smallest absolute Gasteiger partial charge is 0.323 e. The number of carbonyl (C=O) groups excluding carboxylic acids is 1. The van der Waals surface area contributed by atoms with Crippen molar-refractivity contribution in [2.45, 2.75) is 25.8 Å². The monoisotopic (exact) mass is 292 g/mol. The number of nitrogens with zero attached hydrogens (tertiary/aromatic N) is 1. The third kappa shape index (κ3) is 4.98. The summed E-state index contributed by atoms with van der Waals surface area (Å²) in [6.07, 6.45) is 1.75. The fourth-order valence-electron chi connectivity index (χ4n) is 2.03. The predicted molar refractivity (Wildman–Crippen MR) is 77.4 cm³/mol. The maximum absolute atomic E-state index is 11.9. The molecule has 1 aliphatic carbocycles. The maximum Gasteiger partial charge on any atom is 0.323 e. The Hall–Kier alpha value is -2.24. The number of benzene rings is 1. The first-order valence-electron chi connectivity index (χ1n) is 7.02. The zero-order chi connectivity index (χ0) is 15.2. The van der Waals surface area contributed by atoms with Gasteiger partial charge in [0.1, 0.15) is 18.9 Å². The summed E-state index contributed by atoms with van der Waals surface area (Å²) >= 11 is 0. The number of amides is 2. The second-order valence-corrected chi connectivity index (χ2v) is 5.15. The first-order valence-corrected chi connectivity index (χ1v) is 7.02. The molecule has 1 saturated carbocycles. The SMILES string of the molecule is Cc1cccc(OCCNC(=O)N(CC(=O)O)C2CC2)c1. The standard InChI is InChI=1S/C15H20N2O4/c1-11-3-2-4-13(9-11)21-8-7-16-15(20)17(10-14(18)19)12-5-6-12/h2-4,9,12H,5-8,10H2,1H3,(H,16,20)(H,18,19). The van der Waals surface area contributed by atoms with Crippen molar-refractivity contribution in [2.75, 3.05) is 19.7 Å². The summed E-state index contributed by atoms with van der Waals surface area (Å²) in [4.78, 5) is 24.0. The quantitative estimate of drug-likeness (QED) is 0.749. The van der Waals surface area contributed by atoms with E-state index in [1.165, 1.54) is 4.90 Å². The predicted octanol–water partition coefficient (Wildman–Crippen LogP) is 1.63. The van der Waals surface area contributed by atoms with Gasteiger partial charge in [-0.1, -0.05) is 12.1 Å². The van der Waals surface area contributed by atoms with Crippen LogP contribution in [0.15, 0.2) is 24.3 Å². The van der Waals surface area contributed by atoms with Crippen LogP contribution in [0.5, 0.6) is 5.75 Å². The van der Waals surface area contributed by atoms with Crippen LogP contribution in [0.25, 0.3) is 0 Å². The molecule has 1 fully saturated rings. The van der Waals surface area contributed by atoms with Gasteiger partial charge in [0.25, 0.3) is 0 Å². The first-order chi connectivity index (χ1) is 10.1. The van der Waals surface area contributed by atoms with Gasteiger partial charge in [-0.05, 0) is 37.5 Å². The molecule has 0 radical (unpaired) electrons. The number of aryl methyl sites for hydroxylation is 1. The van der Waals surface area contributed by atoms with E-state index in [0.717, 1.165) is 24.2 Å². The molecule has 6 nitrogen and oxygen atoms in total. The van der Waals surface area contributed by atoms with E-state index in [1.54, 1.807) is 0 Å². The average molecular weight is 292 g/mol. The summed E-state index contributed by atoms with van der Waals surface area (Å²) in [6.45, 7) is 2.42. The van der Waals surface area contributed by atoms with Crippen LogP contribution in [-0.4, -0.2) is 47.7 Å². The second-order valence-electron chi connectivity index (χ2n) is 5.15. The Bertz CT molecular complexity index is 514.